The van der Waals surface area contributed by atoms with Gasteiger partial charge in [0.15, 0.2) is 27.6 Å². The van der Waals surface area contributed by atoms with Crippen LogP contribution in [0.25, 0.3) is 11.4 Å². The fraction of sp³-hybridized carbons (Fsp3) is 0.238. The second kappa shape index (κ2) is 10.9. The van der Waals surface area contributed by atoms with E-state index in [1.54, 1.807) is 57.9 Å². The largest absolute Gasteiger partial charge is 0.493 e. The maximum Gasteiger partial charge on any atom is 0.234 e. The number of allylic oxidation sites excluding steroid dienone is 1. The predicted octanol–water partition coefficient (Wildman–Crippen LogP) is 3.94. The van der Waals surface area contributed by atoms with Crippen LogP contribution in [0.4, 0.5) is 5.69 Å². The predicted molar refractivity (Wildman–Crippen MR) is 124 cm³/mol. The van der Waals surface area contributed by atoms with Crippen LogP contribution >= 0.6 is 23.4 Å². The zero-order chi connectivity index (χ0) is 23.1. The number of thioether (sulfide) groups is 1. The number of rotatable bonds is 10. The number of aromatic nitrogens is 4. The minimum Gasteiger partial charge on any atom is -0.493 e. The smallest absolute Gasteiger partial charge is 0.234 e. The number of benzene rings is 1. The Hall–Kier alpha value is -3.24. The van der Waals surface area contributed by atoms with E-state index in [0.29, 0.717) is 46.0 Å². The van der Waals surface area contributed by atoms with E-state index in [2.05, 4.69) is 27.1 Å². The molecule has 0 aliphatic carbocycles. The Morgan fingerprint density at radius 3 is 2.53 bits per heavy atom. The third kappa shape index (κ3) is 5.14. The number of amides is 1. The van der Waals surface area contributed by atoms with Gasteiger partial charge in [0.1, 0.15) is 0 Å². The number of carbonyl (C=O) groups is 1. The van der Waals surface area contributed by atoms with Crippen molar-refractivity contribution in [1.29, 1.82) is 0 Å². The maximum absolute atomic E-state index is 12.4. The van der Waals surface area contributed by atoms with Crippen molar-refractivity contribution in [2.24, 2.45) is 0 Å². The minimum atomic E-state index is -0.243. The second-order valence-corrected chi connectivity index (χ2v) is 7.60. The van der Waals surface area contributed by atoms with Crippen LogP contribution in [0.3, 0.4) is 0 Å². The quantitative estimate of drug-likeness (QED) is 0.267. The lowest BCUT2D eigenvalue weighted by molar-refractivity contribution is -0.113. The standard InChI is InChI=1S/C21H22ClN5O4S/c1-5-9-27-20(13-10-15(29-2)18(31-4)16(11-13)30-3)25-26-21(27)32-12-17(28)24-14-7-6-8-23-19(14)22/h5-8,10-11H,1,9,12H2,2-4H3,(H,24,28). The highest BCUT2D eigenvalue weighted by atomic mass is 35.5. The summed E-state index contributed by atoms with van der Waals surface area (Å²) >= 11 is 7.24. The summed E-state index contributed by atoms with van der Waals surface area (Å²) in [6, 6.07) is 6.95. The van der Waals surface area contributed by atoms with Crippen LogP contribution in [0.5, 0.6) is 17.2 Å². The Bertz CT molecular complexity index is 1100. The zero-order valence-electron chi connectivity index (χ0n) is 17.8. The van der Waals surface area contributed by atoms with Gasteiger partial charge < -0.3 is 19.5 Å². The Balaban J connectivity index is 1.85. The molecule has 1 amide bonds. The number of carbonyl (C=O) groups excluding carboxylic acids is 1. The van der Waals surface area contributed by atoms with Crippen molar-refractivity contribution in [2.45, 2.75) is 11.7 Å². The molecule has 9 nitrogen and oxygen atoms in total. The molecule has 2 aromatic heterocycles. The molecule has 0 fully saturated rings. The Kier molecular flexibility index (Phi) is 7.96. The summed E-state index contributed by atoms with van der Waals surface area (Å²) in [5.74, 6) is 1.91. The van der Waals surface area contributed by atoms with Crippen molar-refractivity contribution in [2.75, 3.05) is 32.4 Å². The number of halogens is 1. The van der Waals surface area contributed by atoms with E-state index in [0.717, 1.165) is 0 Å². The molecule has 0 aliphatic rings. The fourth-order valence-corrected chi connectivity index (χ4v) is 3.82. The Labute approximate surface area is 194 Å². The summed E-state index contributed by atoms with van der Waals surface area (Å²) in [5.41, 5.74) is 1.16. The lowest BCUT2D eigenvalue weighted by Gasteiger charge is -2.14. The summed E-state index contributed by atoms with van der Waals surface area (Å²) < 4.78 is 18.1. The number of pyridine rings is 1. The van der Waals surface area contributed by atoms with Gasteiger partial charge in [-0.3, -0.25) is 9.36 Å². The van der Waals surface area contributed by atoms with Gasteiger partial charge in [0.2, 0.25) is 11.7 Å². The van der Waals surface area contributed by atoms with Gasteiger partial charge in [-0.2, -0.15) is 0 Å². The van der Waals surface area contributed by atoms with Crippen molar-refractivity contribution in [3.05, 3.63) is 48.3 Å². The molecule has 168 valence electrons. The first-order valence-electron chi connectivity index (χ1n) is 9.40. The molecule has 0 bridgehead atoms. The third-order valence-electron chi connectivity index (χ3n) is 4.32. The van der Waals surface area contributed by atoms with Gasteiger partial charge in [0.05, 0.1) is 32.8 Å². The van der Waals surface area contributed by atoms with Crippen LogP contribution < -0.4 is 19.5 Å². The van der Waals surface area contributed by atoms with Gasteiger partial charge in [-0.1, -0.05) is 29.4 Å². The molecule has 0 radical (unpaired) electrons. The van der Waals surface area contributed by atoms with E-state index in [1.165, 1.54) is 11.8 Å². The lowest BCUT2D eigenvalue weighted by atomic mass is 10.1. The highest BCUT2D eigenvalue weighted by Gasteiger charge is 2.20. The van der Waals surface area contributed by atoms with Crippen LogP contribution in [-0.4, -0.2) is 52.7 Å². The minimum absolute atomic E-state index is 0.107. The van der Waals surface area contributed by atoms with Crippen molar-refractivity contribution in [1.82, 2.24) is 19.7 Å². The van der Waals surface area contributed by atoms with E-state index in [4.69, 9.17) is 25.8 Å². The molecular formula is C21H22ClN5O4S. The first-order valence-corrected chi connectivity index (χ1v) is 10.8. The topological polar surface area (TPSA) is 100 Å². The number of methoxy groups -OCH3 is 3. The first kappa shape index (κ1) is 23.4. The molecule has 0 atom stereocenters. The summed E-state index contributed by atoms with van der Waals surface area (Å²) in [7, 11) is 4.63. The second-order valence-electron chi connectivity index (χ2n) is 6.30. The average Bonchev–Trinajstić information content (AvgIpc) is 3.21. The molecule has 0 spiro atoms. The third-order valence-corrected chi connectivity index (χ3v) is 5.58. The van der Waals surface area contributed by atoms with Gasteiger partial charge in [0.25, 0.3) is 0 Å². The number of nitrogens with zero attached hydrogens (tertiary/aromatic N) is 4. The van der Waals surface area contributed by atoms with Gasteiger partial charge in [0, 0.05) is 18.3 Å². The first-order chi connectivity index (χ1) is 15.5. The molecule has 3 rings (SSSR count). The number of hydrogen-bond acceptors (Lipinski definition) is 8. The molecular weight excluding hydrogens is 454 g/mol. The molecule has 0 saturated carbocycles. The molecule has 1 aromatic carbocycles. The Morgan fingerprint density at radius 2 is 1.94 bits per heavy atom. The number of anilines is 1. The number of nitrogens with one attached hydrogen (secondary N) is 1. The molecule has 2 heterocycles. The summed E-state index contributed by atoms with van der Waals surface area (Å²) in [6.45, 7) is 4.25. The highest BCUT2D eigenvalue weighted by molar-refractivity contribution is 7.99. The number of ether oxygens (including phenoxy) is 3. The van der Waals surface area contributed by atoms with Crippen molar-refractivity contribution in [3.63, 3.8) is 0 Å². The molecule has 11 heteroatoms. The number of hydrogen-bond donors (Lipinski definition) is 1. The van der Waals surface area contributed by atoms with Crippen LogP contribution in [0.15, 0.2) is 48.3 Å². The van der Waals surface area contributed by atoms with E-state index in [9.17, 15) is 4.79 Å². The van der Waals surface area contributed by atoms with Crippen LogP contribution in [0.1, 0.15) is 0 Å². The van der Waals surface area contributed by atoms with Crippen LogP contribution in [-0.2, 0) is 11.3 Å². The molecule has 32 heavy (non-hydrogen) atoms. The fourth-order valence-electron chi connectivity index (χ4n) is 2.91. The van der Waals surface area contributed by atoms with E-state index in [1.807, 2.05) is 4.57 Å². The van der Waals surface area contributed by atoms with E-state index < -0.39 is 0 Å². The molecule has 0 saturated heterocycles. The highest BCUT2D eigenvalue weighted by Crippen LogP contribution is 2.41. The van der Waals surface area contributed by atoms with Gasteiger partial charge in [-0.25, -0.2) is 4.98 Å². The van der Waals surface area contributed by atoms with Gasteiger partial charge >= 0.3 is 0 Å². The van der Waals surface area contributed by atoms with Crippen LogP contribution in [0, 0.1) is 0 Å². The molecule has 0 unspecified atom stereocenters. The SMILES string of the molecule is C=CCn1c(SCC(=O)Nc2cccnc2Cl)nnc1-c1cc(OC)c(OC)c(OC)c1. The molecule has 0 aliphatic heterocycles. The average molecular weight is 476 g/mol. The van der Waals surface area contributed by atoms with Crippen molar-refractivity contribution >= 4 is 35.0 Å². The Morgan fingerprint density at radius 1 is 1.22 bits per heavy atom. The normalized spacial score (nSPS) is 10.5. The van der Waals surface area contributed by atoms with Crippen LogP contribution in [0.2, 0.25) is 5.15 Å². The van der Waals surface area contributed by atoms with Crippen molar-refractivity contribution < 1.29 is 19.0 Å². The van der Waals surface area contributed by atoms with E-state index >= 15 is 0 Å². The lowest BCUT2D eigenvalue weighted by Crippen LogP contribution is -2.15. The maximum atomic E-state index is 12.4. The summed E-state index contributed by atoms with van der Waals surface area (Å²) in [5, 5.41) is 12.1. The molecule has 3 aromatic rings. The van der Waals surface area contributed by atoms with Crippen molar-refractivity contribution in [3.8, 4) is 28.6 Å². The monoisotopic (exact) mass is 475 g/mol. The summed E-state index contributed by atoms with van der Waals surface area (Å²) in [4.78, 5) is 16.3. The van der Waals surface area contributed by atoms with Gasteiger partial charge in [-0.05, 0) is 24.3 Å². The van der Waals surface area contributed by atoms with E-state index in [-0.39, 0.29) is 16.8 Å². The van der Waals surface area contributed by atoms with Gasteiger partial charge in [-0.15, -0.1) is 16.8 Å². The zero-order valence-corrected chi connectivity index (χ0v) is 19.4. The molecule has 1 N–H and O–H groups in total. The summed E-state index contributed by atoms with van der Waals surface area (Å²) in [6.07, 6.45) is 3.28.